The summed E-state index contributed by atoms with van der Waals surface area (Å²) < 4.78 is 18.8. The van der Waals surface area contributed by atoms with Gasteiger partial charge in [0.25, 0.3) is 5.91 Å². The fraction of sp³-hybridized carbons (Fsp3) is 0.500. The Kier molecular flexibility index (Phi) is 3.96. The first kappa shape index (κ1) is 15.1. The highest BCUT2D eigenvalue weighted by Gasteiger charge is 2.52. The number of ether oxygens (including phenoxy) is 1. The summed E-state index contributed by atoms with van der Waals surface area (Å²) in [6.45, 7) is 1.28. The van der Waals surface area contributed by atoms with Crippen LogP contribution in [0.3, 0.4) is 0 Å². The van der Waals surface area contributed by atoms with Crippen LogP contribution in [0.5, 0.6) is 0 Å². The van der Waals surface area contributed by atoms with E-state index in [1.54, 1.807) is 6.07 Å². The van der Waals surface area contributed by atoms with Crippen LogP contribution in [0, 0.1) is 6.92 Å². The second-order valence-electron chi connectivity index (χ2n) is 5.34. The van der Waals surface area contributed by atoms with Gasteiger partial charge in [-0.1, -0.05) is 0 Å². The Bertz CT molecular complexity index is 632. The summed E-state index contributed by atoms with van der Waals surface area (Å²) in [6, 6.07) is 2.63. The first-order valence-electron chi connectivity index (χ1n) is 6.90. The number of carbonyl (C=O) groups excluding carboxylic acids is 3. The van der Waals surface area contributed by atoms with E-state index in [-0.39, 0.29) is 31.4 Å². The number of fused-ring (bicyclic) bond motifs is 1. The number of amides is 2. The Morgan fingerprint density at radius 2 is 2.27 bits per heavy atom. The van der Waals surface area contributed by atoms with E-state index >= 15 is 0 Å². The molecule has 1 aromatic heterocycles. The van der Waals surface area contributed by atoms with Gasteiger partial charge >= 0.3 is 0 Å². The highest BCUT2D eigenvalue weighted by molar-refractivity contribution is 7.13. The van der Waals surface area contributed by atoms with E-state index in [1.165, 1.54) is 16.2 Å². The summed E-state index contributed by atoms with van der Waals surface area (Å²) in [5, 5.41) is 2.50. The number of likely N-dealkylation sites (tertiary alicyclic amines) is 1. The molecule has 0 spiro atoms. The van der Waals surface area contributed by atoms with Crippen molar-refractivity contribution in [2.75, 3.05) is 19.7 Å². The predicted molar refractivity (Wildman–Crippen MR) is 76.5 cm³/mol. The van der Waals surface area contributed by atoms with Crippen molar-refractivity contribution in [3.8, 4) is 0 Å². The molecule has 1 aromatic rings. The van der Waals surface area contributed by atoms with Crippen LogP contribution in [0.25, 0.3) is 0 Å². The van der Waals surface area contributed by atoms with Gasteiger partial charge in [-0.2, -0.15) is 0 Å². The molecule has 6 nitrogen and oxygen atoms in total. The average Bonchev–Trinajstić information content (AvgIpc) is 3.15. The van der Waals surface area contributed by atoms with Gasteiger partial charge in [0.1, 0.15) is 24.9 Å². The molecule has 0 radical (unpaired) electrons. The van der Waals surface area contributed by atoms with Crippen LogP contribution >= 0.6 is 11.3 Å². The molecule has 3 heterocycles. The van der Waals surface area contributed by atoms with Gasteiger partial charge in [-0.3, -0.25) is 14.4 Å². The Balaban J connectivity index is 1.60. The lowest BCUT2D eigenvalue weighted by atomic mass is 10.1. The number of nitrogens with zero attached hydrogens (tertiary/aromatic N) is 1. The highest BCUT2D eigenvalue weighted by atomic mass is 32.1. The molecule has 0 saturated carbocycles. The molecule has 0 aromatic carbocycles. The van der Waals surface area contributed by atoms with Gasteiger partial charge in [0.2, 0.25) is 5.91 Å². The van der Waals surface area contributed by atoms with E-state index < -0.39 is 24.2 Å². The summed E-state index contributed by atoms with van der Waals surface area (Å²) >= 11 is 1.32. The Morgan fingerprint density at radius 3 is 2.95 bits per heavy atom. The number of aryl methyl sites for hydroxylation is 1. The molecule has 2 aliphatic rings. The molecule has 22 heavy (non-hydrogen) atoms. The Labute approximate surface area is 130 Å². The maximum absolute atomic E-state index is 13.8. The summed E-state index contributed by atoms with van der Waals surface area (Å²) in [6.07, 6.45) is -2.23. The van der Waals surface area contributed by atoms with E-state index in [0.717, 1.165) is 4.88 Å². The molecule has 2 saturated heterocycles. The van der Waals surface area contributed by atoms with Gasteiger partial charge < -0.3 is 15.0 Å². The number of nitrogens with one attached hydrogen (secondary N) is 1. The Morgan fingerprint density at radius 1 is 1.50 bits per heavy atom. The number of ketones is 1. The molecular weight excluding hydrogens is 311 g/mol. The summed E-state index contributed by atoms with van der Waals surface area (Å²) in [7, 11) is 0. The van der Waals surface area contributed by atoms with E-state index in [4.69, 9.17) is 4.74 Å². The van der Waals surface area contributed by atoms with Crippen molar-refractivity contribution in [1.82, 2.24) is 10.2 Å². The molecule has 0 aliphatic carbocycles. The normalized spacial score (nSPS) is 27.1. The second-order valence-corrected chi connectivity index (χ2v) is 6.63. The average molecular weight is 326 g/mol. The van der Waals surface area contributed by atoms with Gasteiger partial charge in [0.15, 0.2) is 5.78 Å². The monoisotopic (exact) mass is 326 g/mol. The molecule has 3 atom stereocenters. The summed E-state index contributed by atoms with van der Waals surface area (Å²) in [5.74, 6) is -1.12. The van der Waals surface area contributed by atoms with Gasteiger partial charge in [0, 0.05) is 4.88 Å². The van der Waals surface area contributed by atoms with Gasteiger partial charge in [-0.15, -0.1) is 11.3 Å². The molecule has 0 unspecified atom stereocenters. The summed E-state index contributed by atoms with van der Waals surface area (Å²) in [5.41, 5.74) is 0. The number of alkyl halides is 1. The van der Waals surface area contributed by atoms with E-state index in [2.05, 4.69) is 5.32 Å². The number of carbonyl (C=O) groups is 3. The SMILES string of the molecule is Cc1ccc(C(=O)NCC(=O)N2C[C@H](F)[C@H]3OCC(=O)[C@H]32)s1. The van der Waals surface area contributed by atoms with Crippen LogP contribution in [0.4, 0.5) is 4.39 Å². The molecule has 2 fully saturated rings. The topological polar surface area (TPSA) is 75.7 Å². The van der Waals surface area contributed by atoms with Crippen molar-refractivity contribution in [1.29, 1.82) is 0 Å². The van der Waals surface area contributed by atoms with Crippen LogP contribution < -0.4 is 5.32 Å². The lowest BCUT2D eigenvalue weighted by molar-refractivity contribution is -0.135. The van der Waals surface area contributed by atoms with Crippen LogP contribution in [0.15, 0.2) is 12.1 Å². The standard InChI is InChI=1S/C14H15FN2O4S/c1-7-2-3-10(22-7)14(20)16-4-11(19)17-5-8(15)13-12(17)9(18)6-21-13/h2-3,8,12-13H,4-6H2,1H3,(H,16,20)/t8-,12+,13+/m0/s1. The van der Waals surface area contributed by atoms with Crippen molar-refractivity contribution < 1.29 is 23.5 Å². The predicted octanol–water partition coefficient (Wildman–Crippen LogP) is 0.303. The zero-order valence-corrected chi connectivity index (χ0v) is 12.7. The molecule has 8 heteroatoms. The minimum atomic E-state index is -1.36. The number of hydrogen-bond acceptors (Lipinski definition) is 5. The molecule has 118 valence electrons. The van der Waals surface area contributed by atoms with Crippen molar-refractivity contribution in [3.05, 3.63) is 21.9 Å². The first-order chi connectivity index (χ1) is 10.5. The number of Topliss-reactive ketones (excluding diaryl/α,β-unsaturated/α-hetero) is 1. The van der Waals surface area contributed by atoms with Crippen LogP contribution in [-0.4, -0.2) is 60.5 Å². The van der Waals surface area contributed by atoms with Crippen molar-refractivity contribution in [3.63, 3.8) is 0 Å². The van der Waals surface area contributed by atoms with Gasteiger partial charge in [-0.05, 0) is 19.1 Å². The second kappa shape index (κ2) is 5.77. The fourth-order valence-electron chi connectivity index (χ4n) is 2.75. The summed E-state index contributed by atoms with van der Waals surface area (Å²) in [4.78, 5) is 38.4. The maximum Gasteiger partial charge on any atom is 0.261 e. The molecule has 3 rings (SSSR count). The van der Waals surface area contributed by atoms with E-state index in [0.29, 0.717) is 4.88 Å². The lowest BCUT2D eigenvalue weighted by Crippen LogP contribution is -2.46. The minimum absolute atomic E-state index is 0.166. The number of hydrogen-bond donors (Lipinski definition) is 1. The van der Waals surface area contributed by atoms with E-state index in [9.17, 15) is 18.8 Å². The van der Waals surface area contributed by atoms with Crippen LogP contribution in [0.1, 0.15) is 14.5 Å². The number of thiophene rings is 1. The third-order valence-corrected chi connectivity index (χ3v) is 4.81. The molecule has 0 bridgehead atoms. The number of rotatable bonds is 3. The van der Waals surface area contributed by atoms with Crippen molar-refractivity contribution >= 4 is 28.9 Å². The lowest BCUT2D eigenvalue weighted by Gasteiger charge is -2.21. The number of halogens is 1. The van der Waals surface area contributed by atoms with Crippen LogP contribution in [0.2, 0.25) is 0 Å². The van der Waals surface area contributed by atoms with Crippen molar-refractivity contribution in [2.45, 2.75) is 25.2 Å². The quantitative estimate of drug-likeness (QED) is 0.867. The molecule has 1 N–H and O–H groups in total. The smallest absolute Gasteiger partial charge is 0.261 e. The van der Waals surface area contributed by atoms with Crippen molar-refractivity contribution in [2.24, 2.45) is 0 Å². The van der Waals surface area contributed by atoms with Gasteiger partial charge in [-0.25, -0.2) is 4.39 Å². The zero-order chi connectivity index (χ0) is 15.9. The zero-order valence-electron chi connectivity index (χ0n) is 11.9. The van der Waals surface area contributed by atoms with E-state index in [1.807, 2.05) is 13.0 Å². The third kappa shape index (κ3) is 2.64. The highest BCUT2D eigenvalue weighted by Crippen LogP contribution is 2.29. The molecule has 2 amide bonds. The maximum atomic E-state index is 13.8. The molecule has 2 aliphatic heterocycles. The van der Waals surface area contributed by atoms with Crippen LogP contribution in [-0.2, 0) is 14.3 Å². The fourth-order valence-corrected chi connectivity index (χ4v) is 3.54. The molecular formula is C14H15FN2O4S. The third-order valence-electron chi connectivity index (χ3n) is 3.81. The first-order valence-corrected chi connectivity index (χ1v) is 7.71. The van der Waals surface area contributed by atoms with Gasteiger partial charge in [0.05, 0.1) is 18.0 Å². The largest absolute Gasteiger partial charge is 0.365 e. The minimum Gasteiger partial charge on any atom is -0.365 e. The Hall–Kier alpha value is -1.80.